The fourth-order valence-electron chi connectivity index (χ4n) is 2.56. The molecule has 0 aliphatic heterocycles. The molecule has 0 atom stereocenters. The Morgan fingerprint density at radius 1 is 0.800 bits per heavy atom. The van der Waals surface area contributed by atoms with Gasteiger partial charge in [0.2, 0.25) is 5.78 Å². The van der Waals surface area contributed by atoms with Crippen molar-refractivity contribution in [2.24, 2.45) is 0 Å². The van der Waals surface area contributed by atoms with E-state index in [0.717, 1.165) is 22.7 Å². The van der Waals surface area contributed by atoms with Crippen LogP contribution in [0.5, 0.6) is 0 Å². The van der Waals surface area contributed by atoms with Crippen molar-refractivity contribution in [2.45, 2.75) is 13.8 Å². The second-order valence-corrected chi connectivity index (χ2v) is 8.06. The summed E-state index contributed by atoms with van der Waals surface area (Å²) in [5.74, 6) is -0.900. The maximum atomic E-state index is 13.0. The average Bonchev–Trinajstić information content (AvgIpc) is 3.49. The van der Waals surface area contributed by atoms with Crippen LogP contribution >= 0.6 is 22.7 Å². The zero-order valence-electron chi connectivity index (χ0n) is 15.7. The first kappa shape index (κ1) is 19.7. The molecule has 0 aliphatic carbocycles. The molecule has 30 heavy (non-hydrogen) atoms. The summed E-state index contributed by atoms with van der Waals surface area (Å²) in [7, 11) is 0. The number of nitrogens with one attached hydrogen (secondary N) is 2. The second-order valence-electron chi connectivity index (χ2n) is 6.06. The number of nitrogens with zero attached hydrogens (tertiary/aromatic N) is 2. The summed E-state index contributed by atoms with van der Waals surface area (Å²) in [6.07, 6.45) is 2.79. The summed E-state index contributed by atoms with van der Waals surface area (Å²) in [4.78, 5) is 46.5. The zero-order valence-corrected chi connectivity index (χ0v) is 17.3. The predicted molar refractivity (Wildman–Crippen MR) is 110 cm³/mol. The van der Waals surface area contributed by atoms with E-state index in [1.165, 1.54) is 24.7 Å². The van der Waals surface area contributed by atoms with Gasteiger partial charge in [0.25, 0.3) is 11.8 Å². The van der Waals surface area contributed by atoms with Crippen LogP contribution in [0, 0.1) is 13.8 Å². The molecule has 0 spiro atoms. The maximum absolute atomic E-state index is 13.0. The standard InChI is InChI=1S/C19H14N4O5S2/c1-9-14(29-18(20-9)22-16(25)11-5-3-7-27-11)13(24)15-10(2)21-19(30-15)23-17(26)12-6-4-8-28-12/h3-8H,1-2H3,(H,20,22,25)(H,21,23,26). The van der Waals surface area contributed by atoms with Crippen LogP contribution in [0.1, 0.15) is 47.0 Å². The highest BCUT2D eigenvalue weighted by Gasteiger charge is 2.24. The Morgan fingerprint density at radius 2 is 1.23 bits per heavy atom. The second kappa shape index (κ2) is 8.05. The van der Waals surface area contributed by atoms with Crippen molar-refractivity contribution >= 4 is 50.5 Å². The van der Waals surface area contributed by atoms with Crippen LogP contribution in [0.15, 0.2) is 45.6 Å². The van der Waals surface area contributed by atoms with Crippen molar-refractivity contribution in [3.63, 3.8) is 0 Å². The Labute approximate surface area is 177 Å². The summed E-state index contributed by atoms with van der Waals surface area (Å²) in [5, 5.41) is 5.80. The van der Waals surface area contributed by atoms with Crippen molar-refractivity contribution in [2.75, 3.05) is 10.6 Å². The molecule has 152 valence electrons. The average molecular weight is 442 g/mol. The van der Waals surface area contributed by atoms with Crippen LogP contribution in [0.3, 0.4) is 0 Å². The Kier molecular flexibility index (Phi) is 5.29. The molecule has 4 aromatic rings. The summed E-state index contributed by atoms with van der Waals surface area (Å²) in [6, 6.07) is 6.26. The van der Waals surface area contributed by atoms with Crippen molar-refractivity contribution < 1.29 is 23.2 Å². The van der Waals surface area contributed by atoms with E-state index >= 15 is 0 Å². The number of hydrogen-bond donors (Lipinski definition) is 2. The van der Waals surface area contributed by atoms with Gasteiger partial charge >= 0.3 is 0 Å². The third-order valence-corrected chi connectivity index (χ3v) is 6.08. The van der Waals surface area contributed by atoms with Gasteiger partial charge < -0.3 is 8.83 Å². The monoisotopic (exact) mass is 442 g/mol. The molecule has 0 fully saturated rings. The molecule has 0 aromatic carbocycles. The van der Waals surface area contributed by atoms with E-state index in [2.05, 4.69) is 20.6 Å². The lowest BCUT2D eigenvalue weighted by Crippen LogP contribution is -2.10. The first-order valence-corrected chi connectivity index (χ1v) is 10.2. The van der Waals surface area contributed by atoms with Gasteiger partial charge in [-0.15, -0.1) is 0 Å². The topological polar surface area (TPSA) is 127 Å². The zero-order chi connectivity index (χ0) is 21.3. The van der Waals surface area contributed by atoms with Crippen molar-refractivity contribution in [1.82, 2.24) is 9.97 Å². The smallest absolute Gasteiger partial charge is 0.293 e. The van der Waals surface area contributed by atoms with E-state index in [9.17, 15) is 14.4 Å². The summed E-state index contributed by atoms with van der Waals surface area (Å²) in [5.41, 5.74) is 0.961. The van der Waals surface area contributed by atoms with Gasteiger partial charge in [-0.25, -0.2) is 9.97 Å². The van der Waals surface area contributed by atoms with E-state index in [1.807, 2.05) is 0 Å². The number of carbonyl (C=O) groups excluding carboxylic acids is 3. The van der Waals surface area contributed by atoms with Gasteiger partial charge in [-0.3, -0.25) is 25.0 Å². The van der Waals surface area contributed by atoms with E-state index in [0.29, 0.717) is 21.1 Å². The lowest BCUT2D eigenvalue weighted by atomic mass is 10.2. The van der Waals surface area contributed by atoms with Gasteiger partial charge in [-0.2, -0.15) is 0 Å². The normalized spacial score (nSPS) is 10.7. The van der Waals surface area contributed by atoms with E-state index in [1.54, 1.807) is 26.0 Å². The highest BCUT2D eigenvalue weighted by Crippen LogP contribution is 2.31. The highest BCUT2D eigenvalue weighted by atomic mass is 32.1. The van der Waals surface area contributed by atoms with Crippen LogP contribution in [0.4, 0.5) is 10.3 Å². The third kappa shape index (κ3) is 3.93. The number of amides is 2. The molecule has 2 N–H and O–H groups in total. The molecule has 4 rings (SSSR count). The van der Waals surface area contributed by atoms with E-state index in [4.69, 9.17) is 8.83 Å². The van der Waals surface area contributed by atoms with E-state index in [-0.39, 0.29) is 27.6 Å². The van der Waals surface area contributed by atoms with Gasteiger partial charge in [0.1, 0.15) is 9.75 Å². The van der Waals surface area contributed by atoms with Gasteiger partial charge in [-0.05, 0) is 38.1 Å². The lowest BCUT2D eigenvalue weighted by Gasteiger charge is -1.97. The van der Waals surface area contributed by atoms with Gasteiger partial charge in [0.15, 0.2) is 21.8 Å². The Morgan fingerprint density at radius 3 is 1.60 bits per heavy atom. The lowest BCUT2D eigenvalue weighted by molar-refractivity contribution is 0.0989. The number of anilines is 2. The fraction of sp³-hybridized carbons (Fsp3) is 0.105. The third-order valence-electron chi connectivity index (χ3n) is 3.94. The number of carbonyl (C=O) groups is 3. The SMILES string of the molecule is Cc1nc(NC(=O)c2ccco2)sc1C(=O)c1sc(NC(=O)c2ccco2)nc1C. The van der Waals surface area contributed by atoms with Crippen molar-refractivity contribution in [3.05, 3.63) is 69.5 Å². The number of furan rings is 2. The first-order valence-electron chi connectivity index (χ1n) is 8.61. The fourth-order valence-corrected chi connectivity index (χ4v) is 4.44. The minimum Gasteiger partial charge on any atom is -0.459 e. The minimum absolute atomic E-state index is 0.144. The molecule has 11 heteroatoms. The van der Waals surface area contributed by atoms with Crippen molar-refractivity contribution in [1.29, 1.82) is 0 Å². The largest absolute Gasteiger partial charge is 0.459 e. The Bertz CT molecular complexity index is 1130. The quantitative estimate of drug-likeness (QED) is 0.430. The molecule has 0 bridgehead atoms. The number of aromatic nitrogens is 2. The molecule has 2 amide bonds. The van der Waals surface area contributed by atoms with Crippen LogP contribution in [0.25, 0.3) is 0 Å². The van der Waals surface area contributed by atoms with E-state index < -0.39 is 11.8 Å². The van der Waals surface area contributed by atoms with Gasteiger partial charge in [0, 0.05) is 0 Å². The summed E-state index contributed by atoms with van der Waals surface area (Å²) < 4.78 is 10.1. The van der Waals surface area contributed by atoms with Crippen LogP contribution < -0.4 is 10.6 Å². The van der Waals surface area contributed by atoms with Gasteiger partial charge in [-0.1, -0.05) is 22.7 Å². The minimum atomic E-state index is -0.454. The number of aryl methyl sites for hydroxylation is 2. The molecule has 0 unspecified atom stereocenters. The van der Waals surface area contributed by atoms with Crippen molar-refractivity contribution in [3.8, 4) is 0 Å². The predicted octanol–water partition coefficient (Wildman–Crippen LogP) is 4.14. The molecule has 0 radical (unpaired) electrons. The molecule has 0 saturated carbocycles. The molecule has 9 nitrogen and oxygen atoms in total. The first-order chi connectivity index (χ1) is 14.4. The molecule has 4 heterocycles. The molecular formula is C19H14N4O5S2. The molecular weight excluding hydrogens is 428 g/mol. The number of ketones is 1. The van der Waals surface area contributed by atoms with Crippen LogP contribution in [0.2, 0.25) is 0 Å². The van der Waals surface area contributed by atoms with Gasteiger partial charge in [0.05, 0.1) is 23.9 Å². The van der Waals surface area contributed by atoms with Crippen LogP contribution in [-0.2, 0) is 0 Å². The highest BCUT2D eigenvalue weighted by molar-refractivity contribution is 7.21. The number of thiazole rings is 2. The molecule has 4 aromatic heterocycles. The Hall–Kier alpha value is -3.57. The molecule has 0 aliphatic rings. The van der Waals surface area contributed by atoms with Crippen LogP contribution in [-0.4, -0.2) is 27.6 Å². The number of hydrogen-bond acceptors (Lipinski definition) is 9. The molecule has 0 saturated heterocycles. The summed E-state index contributed by atoms with van der Waals surface area (Å²) >= 11 is 2.12. The summed E-state index contributed by atoms with van der Waals surface area (Å²) in [6.45, 7) is 3.37. The number of rotatable bonds is 6. The Balaban J connectivity index is 1.52. The maximum Gasteiger partial charge on any atom is 0.293 e.